The molecule has 1 unspecified atom stereocenters. The van der Waals surface area contributed by atoms with E-state index in [2.05, 4.69) is 5.32 Å². The summed E-state index contributed by atoms with van der Waals surface area (Å²) in [7, 11) is 0. The molecule has 0 radical (unpaired) electrons. The summed E-state index contributed by atoms with van der Waals surface area (Å²) < 4.78 is 5.69. The minimum atomic E-state index is -0.351. The summed E-state index contributed by atoms with van der Waals surface area (Å²) in [6.45, 7) is 1.91. The number of amides is 1. The highest BCUT2D eigenvalue weighted by atomic mass is 16.5. The first-order valence-corrected chi connectivity index (χ1v) is 6.58. The van der Waals surface area contributed by atoms with Crippen molar-refractivity contribution in [1.29, 1.82) is 0 Å². The molecule has 2 aromatic rings. The maximum atomic E-state index is 11.2. The third-order valence-corrected chi connectivity index (χ3v) is 2.93. The number of para-hydroxylation sites is 1. The quantitative estimate of drug-likeness (QED) is 0.847. The molecule has 3 N–H and O–H groups in total. The van der Waals surface area contributed by atoms with Gasteiger partial charge >= 0.3 is 0 Å². The van der Waals surface area contributed by atoms with Gasteiger partial charge in [-0.25, -0.2) is 0 Å². The van der Waals surface area contributed by atoms with Gasteiger partial charge in [-0.05, 0) is 42.8 Å². The average molecular weight is 270 g/mol. The fraction of sp³-hybridized carbons (Fsp3) is 0.188. The van der Waals surface area contributed by atoms with Crippen molar-refractivity contribution < 1.29 is 9.53 Å². The molecule has 4 nitrogen and oxygen atoms in total. The number of nitrogens with one attached hydrogen (secondary N) is 1. The van der Waals surface area contributed by atoms with Crippen molar-refractivity contribution in [3.63, 3.8) is 0 Å². The van der Waals surface area contributed by atoms with Crippen molar-refractivity contribution in [2.75, 3.05) is 5.32 Å². The molecule has 2 rings (SSSR count). The Morgan fingerprint density at radius 2 is 1.70 bits per heavy atom. The van der Waals surface area contributed by atoms with Crippen molar-refractivity contribution in [3.8, 4) is 11.5 Å². The van der Waals surface area contributed by atoms with E-state index in [0.29, 0.717) is 6.42 Å². The van der Waals surface area contributed by atoms with E-state index in [0.717, 1.165) is 17.2 Å². The zero-order valence-corrected chi connectivity index (χ0v) is 11.4. The van der Waals surface area contributed by atoms with E-state index in [4.69, 9.17) is 10.5 Å². The summed E-state index contributed by atoms with van der Waals surface area (Å²) >= 11 is 0. The summed E-state index contributed by atoms with van der Waals surface area (Å²) in [5.41, 5.74) is 6.14. The first-order chi connectivity index (χ1) is 9.69. The fourth-order valence-corrected chi connectivity index (χ4v) is 1.82. The van der Waals surface area contributed by atoms with Gasteiger partial charge in [-0.15, -0.1) is 0 Å². The molecule has 0 aliphatic carbocycles. The van der Waals surface area contributed by atoms with E-state index in [1.165, 1.54) is 0 Å². The van der Waals surface area contributed by atoms with E-state index in [1.807, 2.05) is 61.5 Å². The smallest absolute Gasteiger partial charge is 0.239 e. The monoisotopic (exact) mass is 270 g/mol. The topological polar surface area (TPSA) is 64.3 Å². The van der Waals surface area contributed by atoms with Crippen molar-refractivity contribution in [2.24, 2.45) is 5.73 Å². The molecule has 20 heavy (non-hydrogen) atoms. The lowest BCUT2D eigenvalue weighted by Crippen LogP contribution is -2.34. The number of hydrogen-bond acceptors (Lipinski definition) is 3. The van der Waals surface area contributed by atoms with Crippen LogP contribution in [0.2, 0.25) is 0 Å². The Kier molecular flexibility index (Phi) is 4.60. The van der Waals surface area contributed by atoms with Gasteiger partial charge in [0.05, 0.1) is 0 Å². The zero-order chi connectivity index (χ0) is 14.4. The van der Waals surface area contributed by atoms with Gasteiger partial charge in [0.25, 0.3) is 0 Å². The van der Waals surface area contributed by atoms with Gasteiger partial charge in [-0.3, -0.25) is 4.79 Å². The minimum Gasteiger partial charge on any atom is -0.457 e. The van der Waals surface area contributed by atoms with Crippen LogP contribution >= 0.6 is 0 Å². The molecule has 0 saturated carbocycles. The fourth-order valence-electron chi connectivity index (χ4n) is 1.82. The second kappa shape index (κ2) is 6.61. The van der Waals surface area contributed by atoms with Crippen LogP contribution in [-0.4, -0.2) is 11.9 Å². The molecule has 4 heteroatoms. The van der Waals surface area contributed by atoms with Crippen LogP contribution in [0.5, 0.6) is 11.5 Å². The number of benzene rings is 2. The van der Waals surface area contributed by atoms with Crippen LogP contribution in [0.1, 0.15) is 13.3 Å². The number of primary amides is 1. The zero-order valence-electron chi connectivity index (χ0n) is 11.4. The molecule has 0 aromatic heterocycles. The van der Waals surface area contributed by atoms with Crippen molar-refractivity contribution >= 4 is 11.6 Å². The van der Waals surface area contributed by atoms with Gasteiger partial charge in [0.1, 0.15) is 17.5 Å². The Balaban J connectivity index is 2.01. The highest BCUT2D eigenvalue weighted by Crippen LogP contribution is 2.22. The van der Waals surface area contributed by atoms with Crippen molar-refractivity contribution in [3.05, 3.63) is 54.6 Å². The molecule has 1 atom stereocenters. The van der Waals surface area contributed by atoms with Gasteiger partial charge in [0.15, 0.2) is 0 Å². The molecule has 0 heterocycles. The van der Waals surface area contributed by atoms with Crippen LogP contribution in [0.25, 0.3) is 0 Å². The molecule has 104 valence electrons. The molecular formula is C16H18N2O2. The average Bonchev–Trinajstić information content (AvgIpc) is 2.47. The third-order valence-electron chi connectivity index (χ3n) is 2.93. The standard InChI is InChI=1S/C16H18N2O2/c1-2-15(16(17)19)18-12-8-10-14(11-9-12)20-13-6-4-3-5-7-13/h3-11,15,18H,2H2,1H3,(H2,17,19). The normalized spacial score (nSPS) is 11.7. The summed E-state index contributed by atoms with van der Waals surface area (Å²) in [6.07, 6.45) is 0.650. The SMILES string of the molecule is CCC(Nc1ccc(Oc2ccccc2)cc1)C(N)=O. The summed E-state index contributed by atoms with van der Waals surface area (Å²) in [4.78, 5) is 11.2. The van der Waals surface area contributed by atoms with E-state index in [-0.39, 0.29) is 11.9 Å². The molecule has 0 aliphatic heterocycles. The molecule has 0 aliphatic rings. The van der Waals surface area contributed by atoms with Gasteiger partial charge < -0.3 is 15.8 Å². The predicted molar refractivity (Wildman–Crippen MR) is 79.9 cm³/mol. The lowest BCUT2D eigenvalue weighted by atomic mass is 10.2. The first-order valence-electron chi connectivity index (χ1n) is 6.58. The number of rotatable bonds is 6. The summed E-state index contributed by atoms with van der Waals surface area (Å²) in [5.74, 6) is 1.18. The molecule has 0 bridgehead atoms. The Morgan fingerprint density at radius 1 is 1.10 bits per heavy atom. The number of hydrogen-bond donors (Lipinski definition) is 2. The van der Waals surface area contributed by atoms with Gasteiger partial charge in [-0.2, -0.15) is 0 Å². The van der Waals surface area contributed by atoms with Crippen molar-refractivity contribution in [1.82, 2.24) is 0 Å². The molecule has 0 spiro atoms. The second-order valence-electron chi connectivity index (χ2n) is 4.45. The molecule has 2 aromatic carbocycles. The molecule has 1 amide bonds. The molecular weight excluding hydrogens is 252 g/mol. The Bertz CT molecular complexity index is 552. The largest absolute Gasteiger partial charge is 0.457 e. The van der Waals surface area contributed by atoms with E-state index in [9.17, 15) is 4.79 Å². The van der Waals surface area contributed by atoms with Gasteiger partial charge in [0.2, 0.25) is 5.91 Å². The van der Waals surface area contributed by atoms with Crippen LogP contribution in [0, 0.1) is 0 Å². The maximum Gasteiger partial charge on any atom is 0.239 e. The number of carbonyl (C=O) groups is 1. The minimum absolute atomic E-state index is 0.350. The van der Waals surface area contributed by atoms with Crippen LogP contribution in [0.15, 0.2) is 54.6 Å². The number of anilines is 1. The second-order valence-corrected chi connectivity index (χ2v) is 4.45. The van der Waals surface area contributed by atoms with E-state index < -0.39 is 0 Å². The van der Waals surface area contributed by atoms with Gasteiger partial charge in [0, 0.05) is 5.69 Å². The van der Waals surface area contributed by atoms with E-state index >= 15 is 0 Å². The third kappa shape index (κ3) is 3.75. The molecule has 0 saturated heterocycles. The van der Waals surface area contributed by atoms with Crippen LogP contribution in [0.4, 0.5) is 5.69 Å². The highest BCUT2D eigenvalue weighted by molar-refractivity contribution is 5.82. The molecule has 0 fully saturated rings. The Hall–Kier alpha value is -2.49. The lowest BCUT2D eigenvalue weighted by Gasteiger charge is -2.15. The van der Waals surface area contributed by atoms with Crippen LogP contribution in [-0.2, 0) is 4.79 Å². The Morgan fingerprint density at radius 3 is 2.25 bits per heavy atom. The first kappa shape index (κ1) is 13.9. The predicted octanol–water partition coefficient (Wildman–Crippen LogP) is 3.15. The van der Waals surface area contributed by atoms with Crippen molar-refractivity contribution in [2.45, 2.75) is 19.4 Å². The maximum absolute atomic E-state index is 11.2. The number of nitrogens with two attached hydrogens (primary N) is 1. The Labute approximate surface area is 118 Å². The van der Waals surface area contributed by atoms with Gasteiger partial charge in [-0.1, -0.05) is 25.1 Å². The number of ether oxygens (including phenoxy) is 1. The lowest BCUT2D eigenvalue weighted by molar-refractivity contribution is -0.118. The van der Waals surface area contributed by atoms with Crippen LogP contribution in [0.3, 0.4) is 0 Å². The van der Waals surface area contributed by atoms with E-state index in [1.54, 1.807) is 0 Å². The summed E-state index contributed by atoms with van der Waals surface area (Å²) in [5, 5.41) is 3.09. The number of carbonyl (C=O) groups excluding carboxylic acids is 1. The highest BCUT2D eigenvalue weighted by Gasteiger charge is 2.11. The summed E-state index contributed by atoms with van der Waals surface area (Å²) in [6, 6.07) is 16.7. The van der Waals surface area contributed by atoms with Crippen LogP contribution < -0.4 is 15.8 Å².